The predicted molar refractivity (Wildman–Crippen MR) is 120 cm³/mol. The van der Waals surface area contributed by atoms with Gasteiger partial charge < -0.3 is 14.8 Å². The molecule has 1 aliphatic carbocycles. The van der Waals surface area contributed by atoms with Crippen molar-refractivity contribution in [2.75, 3.05) is 5.32 Å². The number of hydrogen-bond donors (Lipinski definition) is 1. The first kappa shape index (κ1) is 18.8. The van der Waals surface area contributed by atoms with Crippen molar-refractivity contribution in [1.29, 1.82) is 0 Å². The van der Waals surface area contributed by atoms with Gasteiger partial charge in [-0.25, -0.2) is 0 Å². The summed E-state index contributed by atoms with van der Waals surface area (Å²) < 4.78 is 13.2. The van der Waals surface area contributed by atoms with E-state index in [-0.39, 0.29) is 11.5 Å². The highest BCUT2D eigenvalue weighted by Gasteiger charge is 2.42. The Kier molecular flexibility index (Phi) is 4.50. The van der Waals surface area contributed by atoms with E-state index in [1.165, 1.54) is 16.8 Å². The van der Waals surface area contributed by atoms with Gasteiger partial charge in [0.1, 0.15) is 6.26 Å². The minimum atomic E-state index is -0.403. The fourth-order valence-corrected chi connectivity index (χ4v) is 5.07. The molecule has 4 unspecified atom stereocenters. The number of benzene rings is 2. The van der Waals surface area contributed by atoms with Gasteiger partial charge in [0.05, 0.1) is 6.04 Å². The van der Waals surface area contributed by atoms with Crippen LogP contribution in [0.3, 0.4) is 0 Å². The topological polar surface area (TPSA) is 30.5 Å². The molecule has 2 aromatic rings. The lowest BCUT2D eigenvalue weighted by Crippen LogP contribution is -2.37. The Morgan fingerprint density at radius 2 is 1.90 bits per heavy atom. The molecule has 2 aromatic carbocycles. The molecule has 2 aliphatic heterocycles. The highest BCUT2D eigenvalue weighted by Crippen LogP contribution is 2.49. The zero-order valence-corrected chi connectivity index (χ0v) is 18.6. The molecule has 0 bridgehead atoms. The minimum absolute atomic E-state index is 0.107. The number of ether oxygens (including phenoxy) is 2. The highest BCUT2D eigenvalue weighted by atomic mass is 79.9. The standard InChI is InChI=1S/C25H26BrNO2/c1-25(2,3)15-11-12-21-19(13-15)16-8-6-9-17(16)23(27-21)22-14-28-24(29-22)18-7-4-5-10-20(18)26/h4-8,10-14,16-17,23-24,27H,9H2,1-3H3. The minimum Gasteiger partial charge on any atom is -0.455 e. The average Bonchev–Trinajstić information content (AvgIpc) is 3.37. The number of nitrogens with one attached hydrogen (secondary N) is 1. The van der Waals surface area contributed by atoms with Gasteiger partial charge in [0.25, 0.3) is 6.29 Å². The Bertz CT molecular complexity index is 1000. The highest BCUT2D eigenvalue weighted by molar-refractivity contribution is 9.10. The fourth-order valence-electron chi connectivity index (χ4n) is 4.60. The van der Waals surface area contributed by atoms with Crippen molar-refractivity contribution in [3.63, 3.8) is 0 Å². The number of allylic oxidation sites excluding steroid dienone is 2. The van der Waals surface area contributed by atoms with Crippen LogP contribution in [0.15, 0.2) is 71.1 Å². The van der Waals surface area contributed by atoms with Crippen LogP contribution in [0.25, 0.3) is 0 Å². The molecule has 0 spiro atoms. The second-order valence-corrected chi connectivity index (χ2v) is 10.0. The van der Waals surface area contributed by atoms with Crippen LogP contribution in [0.2, 0.25) is 0 Å². The zero-order chi connectivity index (χ0) is 20.2. The predicted octanol–water partition coefficient (Wildman–Crippen LogP) is 6.79. The van der Waals surface area contributed by atoms with E-state index in [2.05, 4.69) is 72.4 Å². The Morgan fingerprint density at radius 3 is 2.69 bits per heavy atom. The number of hydrogen-bond acceptors (Lipinski definition) is 3. The van der Waals surface area contributed by atoms with Gasteiger partial charge >= 0.3 is 0 Å². The van der Waals surface area contributed by atoms with Crippen LogP contribution in [0.1, 0.15) is 56.1 Å². The summed E-state index contributed by atoms with van der Waals surface area (Å²) >= 11 is 3.60. The largest absolute Gasteiger partial charge is 0.455 e. The van der Waals surface area contributed by atoms with Crippen LogP contribution in [0.4, 0.5) is 5.69 Å². The molecule has 150 valence electrons. The summed E-state index contributed by atoms with van der Waals surface area (Å²) in [6.07, 6.45) is 7.11. The van der Waals surface area contributed by atoms with E-state index in [4.69, 9.17) is 9.47 Å². The van der Waals surface area contributed by atoms with E-state index in [1.54, 1.807) is 6.26 Å². The van der Waals surface area contributed by atoms with Gasteiger partial charge in [-0.1, -0.05) is 79.2 Å². The van der Waals surface area contributed by atoms with E-state index in [0.29, 0.717) is 11.8 Å². The number of anilines is 1. The molecule has 4 atom stereocenters. The van der Waals surface area contributed by atoms with Crippen molar-refractivity contribution in [1.82, 2.24) is 0 Å². The van der Waals surface area contributed by atoms with Crippen molar-refractivity contribution in [3.8, 4) is 0 Å². The van der Waals surface area contributed by atoms with Crippen LogP contribution >= 0.6 is 15.9 Å². The third kappa shape index (κ3) is 3.28. The second kappa shape index (κ2) is 6.94. The van der Waals surface area contributed by atoms with Gasteiger partial charge in [0.2, 0.25) is 0 Å². The number of fused-ring (bicyclic) bond motifs is 3. The number of halogens is 1. The molecule has 0 amide bonds. The quantitative estimate of drug-likeness (QED) is 0.509. The van der Waals surface area contributed by atoms with E-state index in [0.717, 1.165) is 22.2 Å². The molecule has 29 heavy (non-hydrogen) atoms. The Balaban J connectivity index is 1.43. The Labute approximate surface area is 180 Å². The summed E-state index contributed by atoms with van der Waals surface area (Å²) in [5, 5.41) is 3.75. The summed E-state index contributed by atoms with van der Waals surface area (Å²) in [5.74, 6) is 1.73. The molecule has 3 nitrogen and oxygen atoms in total. The summed E-state index contributed by atoms with van der Waals surface area (Å²) in [6, 6.07) is 15.0. The summed E-state index contributed by atoms with van der Waals surface area (Å²) in [5.41, 5.74) is 5.12. The molecule has 0 radical (unpaired) electrons. The fraction of sp³-hybridized carbons (Fsp3) is 0.360. The molecule has 0 saturated heterocycles. The molecule has 1 N–H and O–H groups in total. The SMILES string of the molecule is CC(C)(C)c1ccc2c(c1)C1C=CCC1C(C1=COC(c3ccccc3Br)O1)N2. The maximum Gasteiger partial charge on any atom is 0.267 e. The molecule has 0 aromatic heterocycles. The van der Waals surface area contributed by atoms with Gasteiger partial charge in [-0.15, -0.1) is 0 Å². The van der Waals surface area contributed by atoms with E-state index in [1.807, 2.05) is 24.3 Å². The van der Waals surface area contributed by atoms with Crippen molar-refractivity contribution in [3.05, 3.63) is 87.8 Å². The Hall–Kier alpha value is -2.20. The third-order valence-electron chi connectivity index (χ3n) is 6.25. The van der Waals surface area contributed by atoms with E-state index >= 15 is 0 Å². The zero-order valence-electron chi connectivity index (χ0n) is 17.0. The lowest BCUT2D eigenvalue weighted by atomic mass is 9.76. The summed E-state index contributed by atoms with van der Waals surface area (Å²) in [6.45, 7) is 6.81. The summed E-state index contributed by atoms with van der Waals surface area (Å²) in [4.78, 5) is 0. The van der Waals surface area contributed by atoms with Gasteiger partial charge in [-0.3, -0.25) is 0 Å². The molecule has 0 fully saturated rings. The first-order valence-electron chi connectivity index (χ1n) is 10.3. The lowest BCUT2D eigenvalue weighted by Gasteiger charge is -2.38. The molecule has 5 rings (SSSR count). The second-order valence-electron chi connectivity index (χ2n) is 9.16. The average molecular weight is 452 g/mol. The van der Waals surface area contributed by atoms with Gasteiger partial charge in [-0.05, 0) is 35.1 Å². The first-order valence-corrected chi connectivity index (χ1v) is 11.1. The smallest absolute Gasteiger partial charge is 0.267 e. The molecular formula is C25H26BrNO2. The van der Waals surface area contributed by atoms with Crippen molar-refractivity contribution in [2.24, 2.45) is 5.92 Å². The molecule has 2 heterocycles. The molecule has 3 aliphatic rings. The third-order valence-corrected chi connectivity index (χ3v) is 6.97. The number of rotatable bonds is 2. The van der Waals surface area contributed by atoms with Crippen LogP contribution in [0.5, 0.6) is 0 Å². The monoisotopic (exact) mass is 451 g/mol. The van der Waals surface area contributed by atoms with Gasteiger partial charge in [0, 0.05) is 27.6 Å². The van der Waals surface area contributed by atoms with Crippen molar-refractivity contribution in [2.45, 2.75) is 50.9 Å². The lowest BCUT2D eigenvalue weighted by molar-refractivity contribution is -0.0385. The molecular weight excluding hydrogens is 426 g/mol. The molecule has 4 heteroatoms. The normalized spacial score (nSPS) is 27.4. The van der Waals surface area contributed by atoms with Crippen LogP contribution < -0.4 is 5.32 Å². The van der Waals surface area contributed by atoms with Crippen LogP contribution in [-0.2, 0) is 14.9 Å². The van der Waals surface area contributed by atoms with E-state index in [9.17, 15) is 0 Å². The van der Waals surface area contributed by atoms with Gasteiger partial charge in [-0.2, -0.15) is 0 Å². The van der Waals surface area contributed by atoms with Crippen LogP contribution in [0, 0.1) is 5.92 Å². The maximum atomic E-state index is 6.29. The molecule has 0 saturated carbocycles. The maximum absolute atomic E-state index is 6.29. The Morgan fingerprint density at radius 1 is 1.07 bits per heavy atom. The van der Waals surface area contributed by atoms with E-state index < -0.39 is 6.29 Å². The van der Waals surface area contributed by atoms with Gasteiger partial charge in [0.15, 0.2) is 5.76 Å². The van der Waals surface area contributed by atoms with Crippen LogP contribution in [-0.4, -0.2) is 6.04 Å². The first-order chi connectivity index (χ1) is 13.9. The van der Waals surface area contributed by atoms with Crippen molar-refractivity contribution < 1.29 is 9.47 Å². The van der Waals surface area contributed by atoms with Crippen molar-refractivity contribution >= 4 is 21.6 Å². The summed E-state index contributed by atoms with van der Waals surface area (Å²) in [7, 11) is 0.